The molecule has 6 N–H and O–H groups in total. The van der Waals surface area contributed by atoms with Crippen molar-refractivity contribution in [3.05, 3.63) is 65.0 Å². The number of aromatic amines is 1. The van der Waals surface area contributed by atoms with Crippen molar-refractivity contribution in [1.29, 1.82) is 0 Å². The molecule has 3 aromatic heterocycles. The molecule has 2 aromatic carbocycles. The van der Waals surface area contributed by atoms with Crippen molar-refractivity contribution in [2.45, 2.75) is 12.8 Å². The second kappa shape index (κ2) is 10.4. The Morgan fingerprint density at radius 2 is 1.90 bits per heavy atom. The maximum Gasteiger partial charge on any atom is 0.430 e. The molecule has 0 aliphatic carbocycles. The molecule has 5 rings (SSSR count). The number of aromatic nitrogens is 3. The van der Waals surface area contributed by atoms with E-state index in [1.54, 1.807) is 34.5 Å². The Labute approximate surface area is 223 Å². The number of nitrogens with zero attached hydrogens (tertiary/aromatic N) is 3. The first kappa shape index (κ1) is 25.7. The fraction of sp³-hybridized carbons (Fsp3) is 0.222. The molecule has 0 aliphatic rings. The summed E-state index contributed by atoms with van der Waals surface area (Å²) in [6, 6.07) is 11.5. The van der Waals surface area contributed by atoms with Crippen molar-refractivity contribution >= 4 is 39.7 Å². The van der Waals surface area contributed by atoms with Crippen LogP contribution in [0.1, 0.15) is 22.5 Å². The summed E-state index contributed by atoms with van der Waals surface area (Å²) >= 11 is 0. The van der Waals surface area contributed by atoms with Gasteiger partial charge >= 0.3 is 6.09 Å². The number of anilines is 2. The predicted molar refractivity (Wildman–Crippen MR) is 147 cm³/mol. The zero-order chi connectivity index (χ0) is 27.7. The third kappa shape index (κ3) is 4.84. The first-order valence-corrected chi connectivity index (χ1v) is 12.1. The molecular weight excluding hydrogens is 502 g/mol. The van der Waals surface area contributed by atoms with Crippen molar-refractivity contribution in [3.63, 3.8) is 0 Å². The lowest BCUT2D eigenvalue weighted by Crippen LogP contribution is -2.38. The van der Waals surface area contributed by atoms with Crippen molar-refractivity contribution in [3.8, 4) is 17.4 Å². The first-order chi connectivity index (χ1) is 18.8. The molecule has 0 spiro atoms. The van der Waals surface area contributed by atoms with Crippen LogP contribution in [0.2, 0.25) is 0 Å². The molecule has 12 heteroatoms. The topological polar surface area (TPSA) is 167 Å². The van der Waals surface area contributed by atoms with Gasteiger partial charge in [0.25, 0.3) is 0 Å². The molecule has 0 aliphatic heterocycles. The van der Waals surface area contributed by atoms with E-state index in [-0.39, 0.29) is 5.95 Å². The molecule has 39 heavy (non-hydrogen) atoms. The molecule has 5 aromatic rings. The summed E-state index contributed by atoms with van der Waals surface area (Å²) in [5, 5.41) is 2.96. The second-order valence-electron chi connectivity index (χ2n) is 8.85. The summed E-state index contributed by atoms with van der Waals surface area (Å²) in [5.74, 6) is 2.34. The average molecular weight is 532 g/mol. The van der Waals surface area contributed by atoms with Crippen LogP contribution in [-0.4, -0.2) is 54.4 Å². The summed E-state index contributed by atoms with van der Waals surface area (Å²) in [7, 11) is 6.32. The smallest absolute Gasteiger partial charge is 0.430 e. The van der Waals surface area contributed by atoms with Gasteiger partial charge in [0.15, 0.2) is 11.3 Å². The van der Waals surface area contributed by atoms with E-state index in [9.17, 15) is 4.79 Å². The van der Waals surface area contributed by atoms with Gasteiger partial charge in [-0.15, -0.1) is 0 Å². The molecule has 0 radical (unpaired) electrons. The number of nitrogen functional groups attached to an aromatic ring is 2. The van der Waals surface area contributed by atoms with Crippen molar-refractivity contribution < 1.29 is 23.4 Å². The Bertz CT molecular complexity index is 1680. The van der Waals surface area contributed by atoms with Crippen molar-refractivity contribution in [2.24, 2.45) is 0 Å². The molecule has 12 nitrogen and oxygen atoms in total. The number of fused-ring (bicyclic) bond motifs is 2. The number of H-pyrrole nitrogens is 1. The van der Waals surface area contributed by atoms with Crippen LogP contribution in [0.3, 0.4) is 0 Å². The van der Waals surface area contributed by atoms with Crippen LogP contribution in [0.15, 0.2) is 47.0 Å². The Hall–Kier alpha value is -4.97. The Morgan fingerprint density at radius 1 is 1.10 bits per heavy atom. The maximum absolute atomic E-state index is 12.5. The molecule has 3 heterocycles. The fourth-order valence-electron chi connectivity index (χ4n) is 4.48. The Balaban J connectivity index is 1.60. The van der Waals surface area contributed by atoms with Crippen LogP contribution in [0, 0.1) is 0 Å². The van der Waals surface area contributed by atoms with Gasteiger partial charge in [-0.05, 0) is 23.8 Å². The number of carbonyl (C=O) groups excluding carboxylic acids is 1. The van der Waals surface area contributed by atoms with Crippen LogP contribution in [0.25, 0.3) is 21.9 Å². The minimum absolute atomic E-state index is 0.107. The molecule has 0 fully saturated rings. The highest BCUT2D eigenvalue weighted by atomic mass is 16.6. The molecule has 1 amide bonds. The molecule has 202 valence electrons. The number of ether oxygens (including phenoxy) is 3. The zero-order valence-electron chi connectivity index (χ0n) is 22.0. The van der Waals surface area contributed by atoms with E-state index in [0.717, 1.165) is 27.4 Å². The molecule has 0 saturated carbocycles. The van der Waals surface area contributed by atoms with Gasteiger partial charge in [0.2, 0.25) is 17.6 Å². The maximum atomic E-state index is 12.5. The second-order valence-corrected chi connectivity index (χ2v) is 8.85. The molecule has 0 saturated heterocycles. The molecule has 0 unspecified atom stereocenters. The number of amides is 1. The minimum atomic E-state index is -0.563. The summed E-state index contributed by atoms with van der Waals surface area (Å²) in [6.07, 6.45) is 1.79. The lowest BCUT2D eigenvalue weighted by molar-refractivity contribution is 0.145. The summed E-state index contributed by atoms with van der Waals surface area (Å²) < 4.78 is 23.3. The van der Waals surface area contributed by atoms with Gasteiger partial charge in [0.1, 0.15) is 11.6 Å². The lowest BCUT2D eigenvalue weighted by Gasteiger charge is -2.14. The van der Waals surface area contributed by atoms with E-state index in [1.807, 2.05) is 36.4 Å². The highest BCUT2D eigenvalue weighted by Gasteiger charge is 2.23. The minimum Gasteiger partial charge on any atom is -0.493 e. The van der Waals surface area contributed by atoms with Crippen LogP contribution >= 0.6 is 0 Å². The average Bonchev–Trinajstić information content (AvgIpc) is 3.51. The number of benzene rings is 2. The van der Waals surface area contributed by atoms with Gasteiger partial charge < -0.3 is 35.1 Å². The van der Waals surface area contributed by atoms with Gasteiger partial charge in [-0.25, -0.2) is 20.2 Å². The quantitative estimate of drug-likeness (QED) is 0.217. The standard InChI is InChI=1S/C27H29N7O5/c1-30-34(2)27(35)39-25-19(17-7-5-6-8-20(17)32-25)12-16-11-18-14(9-15-13-31-26(29)33-24(15)28)10-21(36-3)23(37-4)22(18)38-16/h5-8,10-11,13,30,32H,9,12H2,1-4H3,(H4,28,29,31,33). The number of rotatable bonds is 8. The third-order valence-electron chi connectivity index (χ3n) is 6.51. The lowest BCUT2D eigenvalue weighted by atomic mass is 10.0. The van der Waals surface area contributed by atoms with Crippen LogP contribution in [-0.2, 0) is 12.8 Å². The normalized spacial score (nSPS) is 11.2. The fourth-order valence-corrected chi connectivity index (χ4v) is 4.48. The highest BCUT2D eigenvalue weighted by Crippen LogP contribution is 2.41. The largest absolute Gasteiger partial charge is 0.493 e. The number of nitrogens with one attached hydrogen (secondary N) is 2. The number of para-hydroxylation sites is 1. The van der Waals surface area contributed by atoms with Gasteiger partial charge in [-0.3, -0.25) is 0 Å². The Morgan fingerprint density at radius 3 is 2.62 bits per heavy atom. The van der Waals surface area contributed by atoms with Gasteiger partial charge in [0.05, 0.1) is 14.2 Å². The zero-order valence-corrected chi connectivity index (χ0v) is 22.0. The Kier molecular flexibility index (Phi) is 6.86. The van der Waals surface area contributed by atoms with Crippen molar-refractivity contribution in [1.82, 2.24) is 25.4 Å². The van der Waals surface area contributed by atoms with E-state index >= 15 is 0 Å². The highest BCUT2D eigenvalue weighted by molar-refractivity contribution is 5.91. The monoisotopic (exact) mass is 531 g/mol. The van der Waals surface area contributed by atoms with Gasteiger partial charge in [0, 0.05) is 60.5 Å². The van der Waals surface area contributed by atoms with Crippen LogP contribution in [0.4, 0.5) is 16.6 Å². The SMILES string of the molecule is CNN(C)C(=O)Oc1[nH]c2ccccc2c1Cc1cc2c(Cc3cnc(N)nc3N)cc(OC)c(OC)c2o1. The van der Waals surface area contributed by atoms with E-state index in [2.05, 4.69) is 20.4 Å². The number of carbonyl (C=O) groups is 1. The van der Waals surface area contributed by atoms with E-state index < -0.39 is 6.09 Å². The van der Waals surface area contributed by atoms with E-state index in [0.29, 0.717) is 52.9 Å². The summed E-state index contributed by atoms with van der Waals surface area (Å²) in [6.45, 7) is 0. The summed E-state index contributed by atoms with van der Waals surface area (Å²) in [5.41, 5.74) is 18.2. The molecule has 0 atom stereocenters. The number of methoxy groups -OCH3 is 2. The number of hydrazine groups is 1. The predicted octanol–water partition coefficient (Wildman–Crippen LogP) is 3.63. The number of hydrogen-bond donors (Lipinski definition) is 4. The van der Waals surface area contributed by atoms with Gasteiger partial charge in [-0.1, -0.05) is 18.2 Å². The van der Waals surface area contributed by atoms with Gasteiger partial charge in [-0.2, -0.15) is 4.98 Å². The third-order valence-corrected chi connectivity index (χ3v) is 6.51. The van der Waals surface area contributed by atoms with Crippen LogP contribution < -0.4 is 31.1 Å². The van der Waals surface area contributed by atoms with Crippen LogP contribution in [0.5, 0.6) is 17.4 Å². The van der Waals surface area contributed by atoms with E-state index in [1.165, 1.54) is 5.01 Å². The number of nitrogens with two attached hydrogens (primary N) is 2. The number of hydrogen-bond acceptors (Lipinski definition) is 10. The molecule has 0 bridgehead atoms. The van der Waals surface area contributed by atoms with E-state index in [4.69, 9.17) is 30.1 Å². The molecular formula is C27H29N7O5. The number of furan rings is 1. The summed E-state index contributed by atoms with van der Waals surface area (Å²) in [4.78, 5) is 23.9. The first-order valence-electron chi connectivity index (χ1n) is 12.1. The van der Waals surface area contributed by atoms with Crippen molar-refractivity contribution in [2.75, 3.05) is 39.8 Å².